The zero-order valence-electron chi connectivity index (χ0n) is 17.2. The second-order valence-corrected chi connectivity index (χ2v) is 8.60. The number of cyclic esters (lactones) is 1. The molecule has 2 rings (SSSR count). The molecule has 2 heterocycles. The van der Waals surface area contributed by atoms with Gasteiger partial charge in [0, 0.05) is 0 Å². The van der Waals surface area contributed by atoms with Crippen LogP contribution in [-0.2, 0) is 9.47 Å². The van der Waals surface area contributed by atoms with Crippen molar-refractivity contribution in [3.63, 3.8) is 0 Å². The minimum absolute atomic E-state index is 0.0436. The van der Waals surface area contributed by atoms with Crippen LogP contribution in [0.4, 0.5) is 4.79 Å². The molecule has 0 saturated carbocycles. The van der Waals surface area contributed by atoms with Crippen LogP contribution in [0.3, 0.4) is 0 Å². The Hall–Kier alpha value is -0.861. The van der Waals surface area contributed by atoms with Gasteiger partial charge in [-0.2, -0.15) is 0 Å². The summed E-state index contributed by atoms with van der Waals surface area (Å²) < 4.78 is 10.5. The fourth-order valence-electron chi connectivity index (χ4n) is 3.82. The van der Waals surface area contributed by atoms with Gasteiger partial charge >= 0.3 is 168 Å². The van der Waals surface area contributed by atoms with Crippen molar-refractivity contribution in [2.75, 3.05) is 13.2 Å². The van der Waals surface area contributed by atoms with Gasteiger partial charge < -0.3 is 0 Å². The van der Waals surface area contributed by atoms with E-state index in [1.54, 1.807) is 0 Å². The van der Waals surface area contributed by atoms with Crippen LogP contribution in [0.15, 0.2) is 4.99 Å². The monoisotopic (exact) mass is 479 g/mol. The third-order valence-corrected chi connectivity index (χ3v) is 6.06. The van der Waals surface area contributed by atoms with Gasteiger partial charge in [0.1, 0.15) is 0 Å². The molecular formula is C20H35N2O6Se. The van der Waals surface area contributed by atoms with Gasteiger partial charge in [0.05, 0.1) is 0 Å². The predicted octanol–water partition coefficient (Wildman–Crippen LogP) is 1.69. The van der Waals surface area contributed by atoms with Gasteiger partial charge in [0.25, 0.3) is 0 Å². The number of aliphatic hydroxyl groups excluding tert-OH is 3. The van der Waals surface area contributed by atoms with E-state index in [0.717, 1.165) is 12.8 Å². The number of piperidine rings is 1. The molecule has 2 aliphatic rings. The summed E-state index contributed by atoms with van der Waals surface area (Å²) in [7, 11) is 0. The Kier molecular flexibility index (Phi) is 10.7. The topological polar surface area (TPSA) is 112 Å². The molecule has 29 heavy (non-hydrogen) atoms. The number of ether oxygens (including phenoxy) is 2. The molecule has 9 heteroatoms. The Labute approximate surface area is 181 Å². The van der Waals surface area contributed by atoms with E-state index in [0.29, 0.717) is 6.61 Å². The molecule has 0 aromatic carbocycles. The Morgan fingerprint density at radius 2 is 1.62 bits per heavy atom. The summed E-state index contributed by atoms with van der Waals surface area (Å²) in [6, 6.07) is -0.732. The van der Waals surface area contributed by atoms with Crippen molar-refractivity contribution in [1.29, 1.82) is 0 Å². The first-order valence-electron chi connectivity index (χ1n) is 10.8. The van der Waals surface area contributed by atoms with E-state index in [1.807, 2.05) is 0 Å². The van der Waals surface area contributed by atoms with Gasteiger partial charge in [0.2, 0.25) is 0 Å². The van der Waals surface area contributed by atoms with Crippen molar-refractivity contribution in [2.45, 2.75) is 102 Å². The summed E-state index contributed by atoms with van der Waals surface area (Å²) in [6.07, 6.45) is 6.51. The normalized spacial score (nSPS) is 29.7. The fourth-order valence-corrected chi connectivity index (χ4v) is 4.22. The number of fused-ring (bicyclic) bond motifs is 1. The summed E-state index contributed by atoms with van der Waals surface area (Å²) in [4.78, 5) is 17.5. The second kappa shape index (κ2) is 12.7. The molecule has 0 aliphatic carbocycles. The van der Waals surface area contributed by atoms with E-state index in [-0.39, 0.29) is 11.4 Å². The van der Waals surface area contributed by atoms with Crippen LogP contribution < -0.4 is 0 Å². The third kappa shape index (κ3) is 7.10. The number of unbranched alkanes of at least 4 members (excludes halogenated alkanes) is 9. The maximum atomic E-state index is 11.9. The van der Waals surface area contributed by atoms with Gasteiger partial charge in [0.15, 0.2) is 0 Å². The number of nitrogens with zero attached hydrogens (tertiary/aromatic N) is 2. The van der Waals surface area contributed by atoms with Crippen molar-refractivity contribution < 1.29 is 29.6 Å². The molecule has 0 bridgehead atoms. The first kappa shape index (κ1) is 24.4. The van der Waals surface area contributed by atoms with Crippen LogP contribution in [0.25, 0.3) is 0 Å². The Morgan fingerprint density at radius 3 is 2.24 bits per heavy atom. The number of hydrogen-bond donors (Lipinski definition) is 3. The summed E-state index contributed by atoms with van der Waals surface area (Å²) in [5.41, 5.74) is 0. The number of carbonyl (C=O) groups excluding carboxylic acids is 1. The van der Waals surface area contributed by atoms with E-state index in [4.69, 9.17) is 9.47 Å². The van der Waals surface area contributed by atoms with Crippen molar-refractivity contribution in [1.82, 2.24) is 4.90 Å². The van der Waals surface area contributed by atoms with E-state index >= 15 is 0 Å². The Balaban J connectivity index is 1.66. The zero-order chi connectivity index (χ0) is 21.2. The first-order valence-corrected chi connectivity index (χ1v) is 11.7. The summed E-state index contributed by atoms with van der Waals surface area (Å²) in [5.74, 6) is 0. The molecule has 8 nitrogen and oxygen atoms in total. The second-order valence-electron chi connectivity index (χ2n) is 7.86. The molecule has 2 aliphatic heterocycles. The number of rotatable bonds is 12. The molecular weight excluding hydrogens is 443 g/mol. The fraction of sp³-hybridized carbons (Fsp3) is 0.900. The molecule has 0 aromatic rings. The van der Waals surface area contributed by atoms with Crippen molar-refractivity contribution in [3.8, 4) is 0 Å². The molecule has 3 N–H and O–H groups in total. The number of aliphatic imine (C=N–C) groups is 1. The maximum absolute atomic E-state index is 11.9. The summed E-state index contributed by atoms with van der Waals surface area (Å²) in [5, 5.41) is 30.3. The molecule has 2 unspecified atom stereocenters. The van der Waals surface area contributed by atoms with Crippen LogP contribution in [0.2, 0.25) is 0 Å². The number of carbonyl (C=O) groups is 1. The van der Waals surface area contributed by atoms with Gasteiger partial charge in [-0.3, -0.25) is 0 Å². The molecule has 0 spiro atoms. The molecule has 1 radical (unpaired) electrons. The van der Waals surface area contributed by atoms with Gasteiger partial charge in [-0.05, 0) is 0 Å². The predicted molar refractivity (Wildman–Crippen MR) is 110 cm³/mol. The van der Waals surface area contributed by atoms with Crippen molar-refractivity contribution in [2.24, 2.45) is 4.99 Å². The van der Waals surface area contributed by atoms with E-state index in [2.05, 4.69) is 27.9 Å². The third-order valence-electron chi connectivity index (χ3n) is 5.59. The Morgan fingerprint density at radius 1 is 1.03 bits per heavy atom. The molecule has 0 aromatic heterocycles. The standard InChI is InChI=1S/C20H35N2O6Se/c1-2-3-4-5-6-7-8-9-10-11-12-27-19(29)21-18-17(25)16(24)15(23)14-13-28-20(26)22(14)18/h14-18,23-25H,2-13H2,1H3/b21-19+/t14?,15-,16+,17?,18+/m1/s1. The molecule has 167 valence electrons. The molecule has 2 fully saturated rings. The summed E-state index contributed by atoms with van der Waals surface area (Å²) >= 11 is 2.69. The van der Waals surface area contributed by atoms with Crippen LogP contribution in [0.5, 0.6) is 0 Å². The minimum atomic E-state index is -1.42. The quantitative estimate of drug-likeness (QED) is 0.170. The first-order chi connectivity index (χ1) is 14.0. The number of amides is 1. The van der Waals surface area contributed by atoms with Gasteiger partial charge in [-0.1, -0.05) is 13.3 Å². The van der Waals surface area contributed by atoms with E-state index in [1.165, 1.54) is 56.3 Å². The van der Waals surface area contributed by atoms with Crippen LogP contribution in [0, 0.1) is 0 Å². The van der Waals surface area contributed by atoms with Crippen molar-refractivity contribution in [3.05, 3.63) is 0 Å². The zero-order valence-corrected chi connectivity index (χ0v) is 19.0. The Bertz CT molecular complexity index is 535. The average molecular weight is 478 g/mol. The number of aliphatic hydroxyl groups is 3. The van der Waals surface area contributed by atoms with Crippen molar-refractivity contribution >= 4 is 26.9 Å². The van der Waals surface area contributed by atoms with Crippen LogP contribution in [0.1, 0.15) is 71.1 Å². The van der Waals surface area contributed by atoms with Gasteiger partial charge in [-0.15, -0.1) is 0 Å². The molecule has 2 saturated heterocycles. The van der Waals surface area contributed by atoms with E-state index in [9.17, 15) is 20.1 Å². The van der Waals surface area contributed by atoms with E-state index < -0.39 is 36.6 Å². The SMILES string of the molecule is CCCCCCCCCCCCO/C([Se])=N\[C@@H]1C(O)[C@@H](O)[C@H](O)C2COC(=O)N21. The van der Waals surface area contributed by atoms with Gasteiger partial charge in [-0.25, -0.2) is 0 Å². The molecule has 1 amide bonds. The van der Waals surface area contributed by atoms with Crippen LogP contribution in [-0.4, -0.2) is 90.9 Å². The van der Waals surface area contributed by atoms with Crippen LogP contribution >= 0.6 is 0 Å². The number of hydrogen-bond acceptors (Lipinski definition) is 7. The summed E-state index contributed by atoms with van der Waals surface area (Å²) in [6.45, 7) is 2.68. The average Bonchev–Trinajstić information content (AvgIpc) is 3.09. The molecule has 5 atom stereocenters.